The predicted molar refractivity (Wildman–Crippen MR) is 61.7 cm³/mol. The summed E-state index contributed by atoms with van der Waals surface area (Å²) in [6, 6.07) is 0. The van der Waals surface area contributed by atoms with Crippen molar-refractivity contribution in [2.24, 2.45) is 18.7 Å². The molecular formula is C11H22N4. The molecule has 15 heavy (non-hydrogen) atoms. The summed E-state index contributed by atoms with van der Waals surface area (Å²) >= 11 is 0. The molecule has 0 spiro atoms. The van der Waals surface area contributed by atoms with Crippen LogP contribution in [-0.4, -0.2) is 21.3 Å². The third-order valence-corrected chi connectivity index (χ3v) is 2.72. The van der Waals surface area contributed by atoms with Crippen LogP contribution in [0.4, 0.5) is 0 Å². The maximum absolute atomic E-state index is 5.78. The van der Waals surface area contributed by atoms with Gasteiger partial charge in [0.2, 0.25) is 0 Å². The number of nitrogens with two attached hydrogens (primary N) is 1. The van der Waals surface area contributed by atoms with E-state index in [0.29, 0.717) is 24.3 Å². The number of nitrogens with zero attached hydrogens (tertiary/aromatic N) is 3. The van der Waals surface area contributed by atoms with Crippen LogP contribution in [0.3, 0.4) is 0 Å². The van der Waals surface area contributed by atoms with Gasteiger partial charge in [0.1, 0.15) is 5.82 Å². The van der Waals surface area contributed by atoms with Crippen LogP contribution >= 0.6 is 0 Å². The van der Waals surface area contributed by atoms with Crippen molar-refractivity contribution >= 4 is 0 Å². The maximum Gasteiger partial charge on any atom is 0.153 e. The van der Waals surface area contributed by atoms with E-state index in [-0.39, 0.29) is 0 Å². The topological polar surface area (TPSA) is 56.7 Å². The van der Waals surface area contributed by atoms with Gasteiger partial charge >= 0.3 is 0 Å². The lowest BCUT2D eigenvalue weighted by molar-refractivity contribution is 0.464. The Morgan fingerprint density at radius 2 is 1.87 bits per heavy atom. The molecule has 0 aliphatic rings. The third-order valence-electron chi connectivity index (χ3n) is 2.72. The number of hydrogen-bond acceptors (Lipinski definition) is 3. The van der Waals surface area contributed by atoms with Gasteiger partial charge in [-0.2, -0.15) is 5.10 Å². The summed E-state index contributed by atoms with van der Waals surface area (Å²) in [5.74, 6) is 3.09. The van der Waals surface area contributed by atoms with Gasteiger partial charge in [0.15, 0.2) is 5.82 Å². The largest absolute Gasteiger partial charge is 0.330 e. The molecular weight excluding hydrogens is 188 g/mol. The minimum absolute atomic E-state index is 0.301. The Bertz CT molecular complexity index is 314. The average Bonchev–Trinajstić information content (AvgIpc) is 2.49. The summed E-state index contributed by atoms with van der Waals surface area (Å²) in [4.78, 5) is 4.57. The molecule has 0 bridgehead atoms. The van der Waals surface area contributed by atoms with Crippen molar-refractivity contribution in [2.75, 3.05) is 6.54 Å². The van der Waals surface area contributed by atoms with E-state index in [4.69, 9.17) is 5.73 Å². The zero-order valence-electron chi connectivity index (χ0n) is 10.4. The van der Waals surface area contributed by atoms with E-state index >= 15 is 0 Å². The summed E-state index contributed by atoms with van der Waals surface area (Å²) in [6.07, 6.45) is 0. The molecule has 0 radical (unpaired) electrons. The van der Waals surface area contributed by atoms with Gasteiger partial charge in [-0.3, -0.25) is 4.68 Å². The van der Waals surface area contributed by atoms with E-state index < -0.39 is 0 Å². The van der Waals surface area contributed by atoms with Crippen molar-refractivity contribution < 1.29 is 0 Å². The van der Waals surface area contributed by atoms with Crippen LogP contribution in [-0.2, 0) is 7.05 Å². The summed E-state index contributed by atoms with van der Waals surface area (Å²) < 4.78 is 1.87. The highest BCUT2D eigenvalue weighted by Crippen LogP contribution is 2.22. The van der Waals surface area contributed by atoms with Gasteiger partial charge in [-0.1, -0.05) is 27.7 Å². The Morgan fingerprint density at radius 1 is 1.27 bits per heavy atom. The molecule has 86 valence electrons. The standard InChI is InChI=1S/C11H22N4/c1-7(2)9(6-12)11-13-10(8(3)4)14-15(11)5/h7-9H,6,12H2,1-5H3. The highest BCUT2D eigenvalue weighted by molar-refractivity contribution is 5.04. The quantitative estimate of drug-likeness (QED) is 0.822. The zero-order valence-corrected chi connectivity index (χ0v) is 10.4. The molecule has 0 saturated heterocycles. The van der Waals surface area contributed by atoms with Crippen molar-refractivity contribution in [3.8, 4) is 0 Å². The molecule has 1 unspecified atom stereocenters. The van der Waals surface area contributed by atoms with Gasteiger partial charge in [-0.15, -0.1) is 0 Å². The van der Waals surface area contributed by atoms with Crippen molar-refractivity contribution in [1.29, 1.82) is 0 Å². The van der Waals surface area contributed by atoms with Gasteiger partial charge < -0.3 is 5.73 Å². The summed E-state index contributed by atoms with van der Waals surface area (Å²) in [5.41, 5.74) is 5.78. The molecule has 0 aliphatic carbocycles. The molecule has 0 saturated carbocycles. The van der Waals surface area contributed by atoms with Gasteiger partial charge in [-0.25, -0.2) is 4.98 Å². The second kappa shape index (κ2) is 4.75. The fourth-order valence-corrected chi connectivity index (χ4v) is 1.66. The second-order valence-electron chi connectivity index (χ2n) is 4.69. The molecule has 0 aromatic carbocycles. The van der Waals surface area contributed by atoms with Gasteiger partial charge in [0.25, 0.3) is 0 Å². The van der Waals surface area contributed by atoms with Crippen molar-refractivity contribution in [3.63, 3.8) is 0 Å². The highest BCUT2D eigenvalue weighted by Gasteiger charge is 2.21. The maximum atomic E-state index is 5.78. The first-order valence-electron chi connectivity index (χ1n) is 5.58. The summed E-state index contributed by atoms with van der Waals surface area (Å²) in [7, 11) is 1.94. The lowest BCUT2D eigenvalue weighted by Gasteiger charge is -2.17. The molecule has 4 nitrogen and oxygen atoms in total. The average molecular weight is 210 g/mol. The van der Waals surface area contributed by atoms with Crippen molar-refractivity contribution in [2.45, 2.75) is 39.5 Å². The van der Waals surface area contributed by atoms with E-state index in [9.17, 15) is 0 Å². The SMILES string of the molecule is CC(C)c1nc(C(CN)C(C)C)n(C)n1. The van der Waals surface area contributed by atoms with Gasteiger partial charge in [0.05, 0.1) is 0 Å². The normalized spacial score (nSPS) is 13.9. The monoisotopic (exact) mass is 210 g/mol. The van der Waals surface area contributed by atoms with Crippen LogP contribution in [0.5, 0.6) is 0 Å². The van der Waals surface area contributed by atoms with E-state index in [1.54, 1.807) is 0 Å². The summed E-state index contributed by atoms with van der Waals surface area (Å²) in [6.45, 7) is 9.17. The van der Waals surface area contributed by atoms with Gasteiger partial charge in [-0.05, 0) is 5.92 Å². The van der Waals surface area contributed by atoms with Crippen molar-refractivity contribution in [1.82, 2.24) is 14.8 Å². The van der Waals surface area contributed by atoms with Crippen molar-refractivity contribution in [3.05, 3.63) is 11.6 Å². The molecule has 4 heteroatoms. The molecule has 1 rings (SSSR count). The number of rotatable bonds is 4. The molecule has 0 aliphatic heterocycles. The highest BCUT2D eigenvalue weighted by atomic mass is 15.3. The lowest BCUT2D eigenvalue weighted by Crippen LogP contribution is -2.21. The third kappa shape index (κ3) is 2.56. The minimum atomic E-state index is 0.301. The van der Waals surface area contributed by atoms with E-state index in [1.165, 1.54) is 0 Å². The Balaban J connectivity index is 3.02. The molecule has 1 heterocycles. The summed E-state index contributed by atoms with van der Waals surface area (Å²) in [5, 5.41) is 4.41. The molecule has 1 aromatic heterocycles. The zero-order chi connectivity index (χ0) is 11.6. The first-order chi connectivity index (χ1) is 6.97. The first-order valence-corrected chi connectivity index (χ1v) is 5.58. The Kier molecular flexibility index (Phi) is 3.85. The molecule has 0 fully saturated rings. The van der Waals surface area contributed by atoms with E-state index in [2.05, 4.69) is 37.8 Å². The minimum Gasteiger partial charge on any atom is -0.330 e. The Hall–Kier alpha value is -0.900. The Morgan fingerprint density at radius 3 is 2.20 bits per heavy atom. The van der Waals surface area contributed by atoms with E-state index in [1.807, 2.05) is 11.7 Å². The molecule has 2 N–H and O–H groups in total. The predicted octanol–water partition coefficient (Wildman–Crippen LogP) is 1.64. The molecule has 1 aromatic rings. The van der Waals surface area contributed by atoms with Crippen LogP contribution in [0.15, 0.2) is 0 Å². The smallest absolute Gasteiger partial charge is 0.153 e. The molecule has 1 atom stereocenters. The van der Waals surface area contributed by atoms with E-state index in [0.717, 1.165) is 11.6 Å². The molecule has 0 amide bonds. The van der Waals surface area contributed by atoms with Crippen LogP contribution < -0.4 is 5.73 Å². The first kappa shape index (κ1) is 12.2. The second-order valence-corrected chi connectivity index (χ2v) is 4.69. The number of aromatic nitrogens is 3. The number of hydrogen-bond donors (Lipinski definition) is 1. The van der Waals surface area contributed by atoms with Gasteiger partial charge in [0, 0.05) is 25.4 Å². The fourth-order valence-electron chi connectivity index (χ4n) is 1.66. The fraction of sp³-hybridized carbons (Fsp3) is 0.818. The van der Waals surface area contributed by atoms with Crippen LogP contribution in [0.2, 0.25) is 0 Å². The Labute approximate surface area is 91.9 Å². The lowest BCUT2D eigenvalue weighted by atomic mass is 9.95. The number of aryl methyl sites for hydroxylation is 1. The van der Waals surface area contributed by atoms with Crippen LogP contribution in [0.1, 0.15) is 51.2 Å². The van der Waals surface area contributed by atoms with Crippen LogP contribution in [0.25, 0.3) is 0 Å². The van der Waals surface area contributed by atoms with Crippen LogP contribution in [0, 0.1) is 5.92 Å².